The summed E-state index contributed by atoms with van der Waals surface area (Å²) in [5, 5.41) is 0. The van der Waals surface area contributed by atoms with E-state index >= 15 is 0 Å². The van der Waals surface area contributed by atoms with E-state index < -0.39 is 0 Å². The third-order valence-corrected chi connectivity index (χ3v) is 0. The molecule has 0 radical (unpaired) electrons. The Morgan fingerprint density at radius 2 is 0.429 bits per heavy atom. The van der Waals surface area contributed by atoms with Gasteiger partial charge in [0.15, 0.2) is 0 Å². The number of rotatable bonds is 0. The molecule has 0 saturated carbocycles. The number of hydrogen-bond acceptors (Lipinski definition) is 4. The summed E-state index contributed by atoms with van der Waals surface area (Å²) in [4.78, 5) is 0. The van der Waals surface area contributed by atoms with Crippen molar-refractivity contribution in [3.05, 3.63) is 0 Å². The largest absolute Gasteiger partial charge is 2.00 e. The zero-order valence-electron chi connectivity index (χ0n) is 3.90. The Kier molecular flexibility index (Phi) is 351000. The Hall–Kier alpha value is 0.388. The fourth-order valence-electron chi connectivity index (χ4n) is 0. The molecular weight excluding hydrogens is 289 g/mol. The van der Waals surface area contributed by atoms with E-state index in [1.165, 1.54) is 0 Å². The molecule has 0 atom stereocenters. The van der Waals surface area contributed by atoms with Crippen LogP contribution in [-0.2, 0) is 21.1 Å². The SMILES string of the molecule is N.N.N.N.[F-].[F-].[Pt+2]. The molecule has 0 saturated heterocycles. The van der Waals surface area contributed by atoms with Gasteiger partial charge < -0.3 is 34.0 Å². The number of halogens is 2. The molecule has 7 heteroatoms. The summed E-state index contributed by atoms with van der Waals surface area (Å²) in [6.45, 7) is 0. The topological polar surface area (TPSA) is 140 Å². The van der Waals surface area contributed by atoms with E-state index in [9.17, 15) is 0 Å². The van der Waals surface area contributed by atoms with Gasteiger partial charge in [0.1, 0.15) is 0 Å². The van der Waals surface area contributed by atoms with Gasteiger partial charge in [-0.05, 0) is 0 Å². The summed E-state index contributed by atoms with van der Waals surface area (Å²) < 4.78 is 0. The van der Waals surface area contributed by atoms with Crippen molar-refractivity contribution in [1.82, 2.24) is 24.6 Å². The molecule has 0 fully saturated rings. The van der Waals surface area contributed by atoms with Crippen LogP contribution in [0.3, 0.4) is 0 Å². The Morgan fingerprint density at radius 1 is 0.429 bits per heavy atom. The zero-order chi connectivity index (χ0) is 0. The monoisotopic (exact) mass is 301 g/mol. The van der Waals surface area contributed by atoms with Crippen molar-refractivity contribution in [3.63, 3.8) is 0 Å². The Morgan fingerprint density at radius 3 is 0.429 bits per heavy atom. The molecule has 0 amide bonds. The minimum atomic E-state index is 0. The van der Waals surface area contributed by atoms with Gasteiger partial charge in [-0.25, -0.2) is 0 Å². The van der Waals surface area contributed by atoms with E-state index in [1.807, 2.05) is 0 Å². The summed E-state index contributed by atoms with van der Waals surface area (Å²) >= 11 is 0. The molecule has 0 aliphatic carbocycles. The molecule has 0 spiro atoms. The number of hydrogen-bond donors (Lipinski definition) is 4. The first-order valence-corrected chi connectivity index (χ1v) is 0. The van der Waals surface area contributed by atoms with Gasteiger partial charge >= 0.3 is 21.1 Å². The maximum absolute atomic E-state index is 0. The van der Waals surface area contributed by atoms with E-state index in [0.29, 0.717) is 0 Å². The Labute approximate surface area is 55.8 Å². The molecular formula is H12F2N4Pt. The van der Waals surface area contributed by atoms with Crippen LogP contribution in [0.25, 0.3) is 0 Å². The second kappa shape index (κ2) is 1230. The van der Waals surface area contributed by atoms with Crippen LogP contribution >= 0.6 is 0 Å². The molecule has 0 aromatic rings. The molecule has 0 unspecified atom stereocenters. The molecule has 0 rings (SSSR count). The molecule has 4 nitrogen and oxygen atoms in total. The molecule has 0 aromatic heterocycles. The Bertz CT molecular complexity index is 9.65. The molecule has 0 aliphatic rings. The van der Waals surface area contributed by atoms with Gasteiger partial charge in [-0.1, -0.05) is 0 Å². The Balaban J connectivity index is 0. The van der Waals surface area contributed by atoms with Crippen molar-refractivity contribution in [2.75, 3.05) is 0 Å². The van der Waals surface area contributed by atoms with Crippen molar-refractivity contribution < 1.29 is 30.5 Å². The fraction of sp³-hybridized carbons (Fsp3) is 0. The standard InChI is InChI=1S/2FH.4H3N.Pt/h2*1H;4*1H3;/q;;;;;;+2/p-2. The summed E-state index contributed by atoms with van der Waals surface area (Å²) in [6.07, 6.45) is 0. The predicted molar refractivity (Wildman–Crippen MR) is 20.1 cm³/mol. The van der Waals surface area contributed by atoms with Crippen LogP contribution < -0.4 is 34.0 Å². The maximum Gasteiger partial charge on any atom is 2.00 e. The van der Waals surface area contributed by atoms with Crippen LogP contribution in [0.5, 0.6) is 0 Å². The molecule has 12 N–H and O–H groups in total. The van der Waals surface area contributed by atoms with Crippen LogP contribution in [0.4, 0.5) is 0 Å². The second-order valence-electron chi connectivity index (χ2n) is 0. The fourth-order valence-corrected chi connectivity index (χ4v) is 0. The van der Waals surface area contributed by atoms with E-state index in [2.05, 4.69) is 0 Å². The first-order chi connectivity index (χ1) is 0. The van der Waals surface area contributed by atoms with Crippen LogP contribution in [0.2, 0.25) is 0 Å². The van der Waals surface area contributed by atoms with Gasteiger partial charge in [0.05, 0.1) is 0 Å². The van der Waals surface area contributed by atoms with Crippen molar-refractivity contribution in [2.24, 2.45) is 0 Å². The van der Waals surface area contributed by atoms with Gasteiger partial charge in [0, 0.05) is 0 Å². The third kappa shape index (κ3) is 816. The summed E-state index contributed by atoms with van der Waals surface area (Å²) in [6, 6.07) is 0. The second-order valence-corrected chi connectivity index (χ2v) is 0. The molecule has 0 bridgehead atoms. The normalized spacial score (nSPS) is 0. The molecule has 0 aromatic carbocycles. The maximum atomic E-state index is 0. The minimum Gasteiger partial charge on any atom is -1.00 e. The van der Waals surface area contributed by atoms with Gasteiger partial charge in [-0.2, -0.15) is 0 Å². The summed E-state index contributed by atoms with van der Waals surface area (Å²) in [5.41, 5.74) is 0. The first-order valence-electron chi connectivity index (χ1n) is 0. The van der Waals surface area contributed by atoms with E-state index in [1.54, 1.807) is 0 Å². The van der Waals surface area contributed by atoms with Gasteiger partial charge in [0.25, 0.3) is 0 Å². The van der Waals surface area contributed by atoms with E-state index in [-0.39, 0.29) is 55.1 Å². The van der Waals surface area contributed by atoms with Crippen LogP contribution in [-0.4, -0.2) is 0 Å². The van der Waals surface area contributed by atoms with Gasteiger partial charge in [-0.15, -0.1) is 0 Å². The van der Waals surface area contributed by atoms with Crippen molar-refractivity contribution in [1.29, 1.82) is 0 Å². The van der Waals surface area contributed by atoms with E-state index in [0.717, 1.165) is 0 Å². The van der Waals surface area contributed by atoms with Crippen LogP contribution in [0, 0.1) is 0 Å². The molecule has 0 aliphatic heterocycles. The minimum absolute atomic E-state index is 0. The summed E-state index contributed by atoms with van der Waals surface area (Å²) in [5.74, 6) is 0. The zero-order valence-corrected chi connectivity index (χ0v) is 6.17. The van der Waals surface area contributed by atoms with Gasteiger partial charge in [0.2, 0.25) is 0 Å². The average Bonchev–Trinajstić information content (AvgIpc) is 0. The molecule has 56 valence electrons. The molecule has 0 heterocycles. The van der Waals surface area contributed by atoms with E-state index in [4.69, 9.17) is 0 Å². The average molecular weight is 301 g/mol. The predicted octanol–water partition coefficient (Wildman–Crippen LogP) is -5.35. The smallest absolute Gasteiger partial charge is 1.00 e. The van der Waals surface area contributed by atoms with Crippen molar-refractivity contribution in [3.8, 4) is 0 Å². The van der Waals surface area contributed by atoms with Crippen molar-refractivity contribution >= 4 is 0 Å². The van der Waals surface area contributed by atoms with Crippen molar-refractivity contribution in [2.45, 2.75) is 0 Å². The van der Waals surface area contributed by atoms with Crippen LogP contribution in [0.1, 0.15) is 0 Å². The first kappa shape index (κ1) is 2000. The molecule has 7 heavy (non-hydrogen) atoms. The summed E-state index contributed by atoms with van der Waals surface area (Å²) in [7, 11) is 0. The van der Waals surface area contributed by atoms with Crippen LogP contribution in [0.15, 0.2) is 0 Å². The quantitative estimate of drug-likeness (QED) is 0.354. The van der Waals surface area contributed by atoms with Gasteiger partial charge in [-0.3, -0.25) is 0 Å². The third-order valence-electron chi connectivity index (χ3n) is 0.